The fraction of sp³-hybridized carbons (Fsp3) is 0.0588. The van der Waals surface area contributed by atoms with Crippen molar-refractivity contribution < 1.29 is 13.2 Å². The monoisotopic (exact) mass is 388 g/mol. The van der Waals surface area contributed by atoms with E-state index in [0.717, 1.165) is 16.5 Å². The van der Waals surface area contributed by atoms with Crippen LogP contribution in [0.2, 0.25) is 0 Å². The van der Waals surface area contributed by atoms with Gasteiger partial charge in [-0.3, -0.25) is 4.98 Å². The van der Waals surface area contributed by atoms with Gasteiger partial charge in [0.25, 0.3) is 0 Å². The van der Waals surface area contributed by atoms with Crippen LogP contribution in [0.1, 0.15) is 0 Å². The molecule has 0 aliphatic carbocycles. The summed E-state index contributed by atoms with van der Waals surface area (Å²) in [6.07, 6.45) is 3.46. The molecule has 0 aliphatic rings. The fourth-order valence-electron chi connectivity index (χ4n) is 2.47. The van der Waals surface area contributed by atoms with Gasteiger partial charge in [-0.25, -0.2) is 13.6 Å². The molecule has 1 aromatic heterocycles. The predicted molar refractivity (Wildman–Crippen MR) is 106 cm³/mol. The van der Waals surface area contributed by atoms with Crippen molar-refractivity contribution in [1.29, 1.82) is 0 Å². The molecular weight excluding hydrogens is 372 g/mol. The minimum atomic E-state index is -3.84. The second-order valence-electron chi connectivity index (χ2n) is 5.39. The number of anilines is 2. The van der Waals surface area contributed by atoms with E-state index in [-0.39, 0.29) is 10.0 Å². The average Bonchev–Trinajstić information content (AvgIpc) is 2.61. The number of aromatic nitrogens is 1. The molecule has 0 fully saturated rings. The first kappa shape index (κ1) is 18.1. The van der Waals surface area contributed by atoms with E-state index in [1.54, 1.807) is 12.4 Å². The number of methoxy groups -OCH3 is 1. The van der Waals surface area contributed by atoms with Crippen LogP contribution in [0.3, 0.4) is 0 Å². The van der Waals surface area contributed by atoms with Crippen LogP contribution in [0.15, 0.2) is 59.8 Å². The second kappa shape index (κ2) is 7.24. The van der Waals surface area contributed by atoms with Gasteiger partial charge in [0.05, 0.1) is 17.7 Å². The van der Waals surface area contributed by atoms with Gasteiger partial charge in [-0.15, -0.1) is 0 Å². The van der Waals surface area contributed by atoms with Gasteiger partial charge in [-0.2, -0.15) is 0 Å². The summed E-state index contributed by atoms with van der Waals surface area (Å²) in [5.41, 5.74) is 1.18. The number of benzene rings is 2. The summed E-state index contributed by atoms with van der Waals surface area (Å²) in [5.74, 6) is 0.434. The number of sulfonamides is 1. The Labute approximate surface area is 156 Å². The van der Waals surface area contributed by atoms with Crippen molar-refractivity contribution in [1.82, 2.24) is 4.98 Å². The lowest BCUT2D eigenvalue weighted by atomic mass is 10.1. The Kier molecular flexibility index (Phi) is 5.03. The summed E-state index contributed by atoms with van der Waals surface area (Å²) in [7, 11) is -2.36. The van der Waals surface area contributed by atoms with Gasteiger partial charge in [0.1, 0.15) is 5.75 Å². The molecule has 4 N–H and O–H groups in total. The standard InChI is InChI=1S/C17H16N4O3S2/c1-24-16-6-5-12(26(18,22)23)9-15(16)21-17(25)20-14-4-2-3-11-10-19-8-7-13(11)14/h2-10H,1H3,(H2,18,22,23)(H2,20,21,25). The summed E-state index contributed by atoms with van der Waals surface area (Å²) >= 11 is 5.35. The Balaban J connectivity index is 1.88. The van der Waals surface area contributed by atoms with Crippen molar-refractivity contribution in [3.8, 4) is 5.75 Å². The summed E-state index contributed by atoms with van der Waals surface area (Å²) in [6, 6.07) is 11.8. The SMILES string of the molecule is COc1ccc(S(N)(=O)=O)cc1NC(=S)Nc1cccc2cnccc12. The number of nitrogens with one attached hydrogen (secondary N) is 2. The van der Waals surface area contributed by atoms with Gasteiger partial charge >= 0.3 is 0 Å². The zero-order valence-corrected chi connectivity index (χ0v) is 15.4. The first-order chi connectivity index (χ1) is 12.4. The van der Waals surface area contributed by atoms with Crippen LogP contribution in [0, 0.1) is 0 Å². The van der Waals surface area contributed by atoms with Crippen LogP contribution in [0.4, 0.5) is 11.4 Å². The van der Waals surface area contributed by atoms with Crippen molar-refractivity contribution >= 4 is 49.5 Å². The Morgan fingerprint density at radius 1 is 1.15 bits per heavy atom. The van der Waals surface area contributed by atoms with Gasteiger partial charge in [-0.05, 0) is 42.5 Å². The molecule has 0 spiro atoms. The van der Waals surface area contributed by atoms with E-state index in [0.29, 0.717) is 11.4 Å². The summed E-state index contributed by atoms with van der Waals surface area (Å²) in [6.45, 7) is 0. The molecule has 0 amide bonds. The maximum atomic E-state index is 11.6. The number of nitrogens with zero attached hydrogens (tertiary/aromatic N) is 1. The largest absolute Gasteiger partial charge is 0.495 e. The molecule has 0 radical (unpaired) electrons. The zero-order valence-electron chi connectivity index (χ0n) is 13.8. The van der Waals surface area contributed by atoms with Gasteiger partial charge in [-0.1, -0.05) is 12.1 Å². The third kappa shape index (κ3) is 3.90. The summed E-state index contributed by atoms with van der Waals surface area (Å²) in [5, 5.41) is 13.4. The van der Waals surface area contributed by atoms with Crippen molar-refractivity contribution in [2.45, 2.75) is 4.90 Å². The maximum absolute atomic E-state index is 11.6. The Morgan fingerprint density at radius 3 is 2.65 bits per heavy atom. The molecule has 3 rings (SSSR count). The molecule has 2 aromatic carbocycles. The first-order valence-corrected chi connectivity index (χ1v) is 9.45. The lowest BCUT2D eigenvalue weighted by molar-refractivity contribution is 0.416. The molecule has 0 bridgehead atoms. The third-order valence-electron chi connectivity index (χ3n) is 3.68. The van der Waals surface area contributed by atoms with Crippen molar-refractivity contribution in [3.63, 3.8) is 0 Å². The Morgan fingerprint density at radius 2 is 1.92 bits per heavy atom. The molecule has 0 aliphatic heterocycles. The minimum absolute atomic E-state index is 0.0418. The van der Waals surface area contributed by atoms with Crippen LogP contribution in [-0.2, 0) is 10.0 Å². The molecule has 26 heavy (non-hydrogen) atoms. The number of thiocarbonyl (C=S) groups is 1. The van der Waals surface area contributed by atoms with E-state index in [2.05, 4.69) is 15.6 Å². The van der Waals surface area contributed by atoms with Crippen molar-refractivity contribution in [3.05, 3.63) is 54.9 Å². The number of hydrogen-bond acceptors (Lipinski definition) is 5. The molecule has 3 aromatic rings. The summed E-state index contributed by atoms with van der Waals surface area (Å²) < 4.78 is 28.4. The highest BCUT2D eigenvalue weighted by atomic mass is 32.2. The van der Waals surface area contributed by atoms with E-state index >= 15 is 0 Å². The quantitative estimate of drug-likeness (QED) is 0.590. The van der Waals surface area contributed by atoms with Gasteiger partial charge in [0, 0.05) is 28.9 Å². The van der Waals surface area contributed by atoms with Crippen LogP contribution in [-0.4, -0.2) is 25.6 Å². The first-order valence-electron chi connectivity index (χ1n) is 7.50. The van der Waals surface area contributed by atoms with Crippen LogP contribution >= 0.6 is 12.2 Å². The van der Waals surface area contributed by atoms with E-state index in [9.17, 15) is 8.42 Å². The molecule has 0 saturated heterocycles. The lowest BCUT2D eigenvalue weighted by Gasteiger charge is -2.15. The number of hydrogen-bond donors (Lipinski definition) is 3. The number of rotatable bonds is 4. The Hall–Kier alpha value is -2.75. The highest BCUT2D eigenvalue weighted by Crippen LogP contribution is 2.28. The van der Waals surface area contributed by atoms with E-state index in [1.165, 1.54) is 25.3 Å². The normalized spacial score (nSPS) is 11.2. The number of pyridine rings is 1. The van der Waals surface area contributed by atoms with Gasteiger partial charge < -0.3 is 15.4 Å². The predicted octanol–water partition coefficient (Wildman–Crippen LogP) is 2.70. The topological polar surface area (TPSA) is 106 Å². The number of nitrogens with two attached hydrogens (primary N) is 1. The lowest BCUT2D eigenvalue weighted by Crippen LogP contribution is -2.20. The second-order valence-corrected chi connectivity index (χ2v) is 7.36. The molecule has 0 atom stereocenters. The molecule has 0 saturated carbocycles. The molecule has 7 nitrogen and oxygen atoms in total. The third-order valence-corrected chi connectivity index (χ3v) is 4.79. The maximum Gasteiger partial charge on any atom is 0.238 e. The van der Waals surface area contributed by atoms with E-state index < -0.39 is 10.0 Å². The average molecular weight is 388 g/mol. The highest BCUT2D eigenvalue weighted by Gasteiger charge is 2.13. The molecule has 134 valence electrons. The van der Waals surface area contributed by atoms with E-state index in [4.69, 9.17) is 22.1 Å². The molecule has 1 heterocycles. The molecular formula is C17H16N4O3S2. The summed E-state index contributed by atoms with van der Waals surface area (Å²) in [4.78, 5) is 4.05. The van der Waals surface area contributed by atoms with Crippen LogP contribution in [0.5, 0.6) is 5.75 Å². The zero-order chi connectivity index (χ0) is 18.7. The van der Waals surface area contributed by atoms with Gasteiger partial charge in [0.2, 0.25) is 10.0 Å². The van der Waals surface area contributed by atoms with Crippen LogP contribution in [0.25, 0.3) is 10.8 Å². The molecule has 9 heteroatoms. The van der Waals surface area contributed by atoms with Crippen LogP contribution < -0.4 is 20.5 Å². The highest BCUT2D eigenvalue weighted by molar-refractivity contribution is 7.89. The number of primary sulfonamides is 1. The minimum Gasteiger partial charge on any atom is -0.495 e. The molecule has 0 unspecified atom stereocenters. The Bertz CT molecular complexity index is 1080. The number of fused-ring (bicyclic) bond motifs is 1. The number of ether oxygens (including phenoxy) is 1. The van der Waals surface area contributed by atoms with Crippen molar-refractivity contribution in [2.75, 3.05) is 17.7 Å². The fourth-order valence-corrected chi connectivity index (χ4v) is 3.23. The smallest absolute Gasteiger partial charge is 0.238 e. The van der Waals surface area contributed by atoms with E-state index in [1.807, 2.05) is 24.3 Å². The van der Waals surface area contributed by atoms with Gasteiger partial charge in [0.15, 0.2) is 5.11 Å². The van der Waals surface area contributed by atoms with Crippen molar-refractivity contribution in [2.24, 2.45) is 5.14 Å².